The smallest absolute Gasteiger partial charge is 0.340 e. The van der Waals surface area contributed by atoms with Gasteiger partial charge in [0.05, 0.1) is 18.2 Å². The Morgan fingerprint density at radius 2 is 2.00 bits per heavy atom. The summed E-state index contributed by atoms with van der Waals surface area (Å²) in [7, 11) is 3.21. The van der Waals surface area contributed by atoms with Crippen molar-refractivity contribution in [2.45, 2.75) is 0 Å². The minimum absolute atomic E-state index is 0.366. The van der Waals surface area contributed by atoms with Crippen LogP contribution in [0.4, 0.5) is 0 Å². The maximum atomic E-state index is 11.9. The molecule has 0 aliphatic carbocycles. The topological polar surface area (TPSA) is 44.1 Å². The summed E-state index contributed by atoms with van der Waals surface area (Å²) in [6.07, 6.45) is 3.55. The van der Waals surface area contributed by atoms with Crippen LogP contribution in [0.1, 0.15) is 10.4 Å². The molecule has 3 aromatic rings. The summed E-state index contributed by atoms with van der Waals surface area (Å²) in [5.74, 6) is -0.394. The summed E-state index contributed by atoms with van der Waals surface area (Å²) in [6, 6.07) is 9.65. The molecule has 0 bridgehead atoms. The molecule has 0 spiro atoms. The Morgan fingerprint density at radius 3 is 2.76 bits per heavy atom. The first-order valence-corrected chi connectivity index (χ1v) is 6.78. The van der Waals surface area contributed by atoms with E-state index in [-0.39, 0.29) is 0 Å². The first kappa shape index (κ1) is 13.6. The number of hydrogen-bond donors (Lipinski definition) is 0. The van der Waals surface area contributed by atoms with Gasteiger partial charge in [0, 0.05) is 36.0 Å². The molecule has 0 saturated heterocycles. The second-order valence-electron chi connectivity index (χ2n) is 4.76. The number of esters is 1. The van der Waals surface area contributed by atoms with Crippen LogP contribution in [0.25, 0.3) is 22.0 Å². The molecule has 0 N–H and O–H groups in total. The molecular formula is C16H13ClN2O2. The second-order valence-corrected chi connectivity index (χ2v) is 5.12. The van der Waals surface area contributed by atoms with Gasteiger partial charge in [0.2, 0.25) is 0 Å². The Morgan fingerprint density at radius 1 is 1.24 bits per heavy atom. The summed E-state index contributed by atoms with van der Waals surface area (Å²) >= 11 is 6.29. The van der Waals surface area contributed by atoms with Crippen molar-refractivity contribution in [3.63, 3.8) is 0 Å². The van der Waals surface area contributed by atoms with Crippen LogP contribution in [0.2, 0.25) is 5.15 Å². The molecule has 106 valence electrons. The first-order valence-electron chi connectivity index (χ1n) is 6.40. The lowest BCUT2D eigenvalue weighted by molar-refractivity contribution is 0.0601. The van der Waals surface area contributed by atoms with Gasteiger partial charge in [0.1, 0.15) is 5.15 Å². The minimum atomic E-state index is -0.394. The Bertz CT molecular complexity index is 839. The fraction of sp³-hybridized carbons (Fsp3) is 0.125. The van der Waals surface area contributed by atoms with Crippen LogP contribution < -0.4 is 0 Å². The van der Waals surface area contributed by atoms with Crippen LogP contribution in [0.5, 0.6) is 0 Å². The predicted molar refractivity (Wildman–Crippen MR) is 82.5 cm³/mol. The van der Waals surface area contributed by atoms with Gasteiger partial charge in [-0.15, -0.1) is 0 Å². The molecule has 0 amide bonds. The zero-order valence-electron chi connectivity index (χ0n) is 11.6. The molecular weight excluding hydrogens is 288 g/mol. The molecule has 0 fully saturated rings. The van der Waals surface area contributed by atoms with Crippen molar-refractivity contribution in [1.82, 2.24) is 9.55 Å². The molecule has 0 aliphatic rings. The summed E-state index contributed by atoms with van der Waals surface area (Å²) in [6.45, 7) is 0. The molecule has 5 heteroatoms. The van der Waals surface area contributed by atoms with Crippen LogP contribution in [-0.4, -0.2) is 22.6 Å². The number of para-hydroxylation sites is 1. The summed E-state index contributed by atoms with van der Waals surface area (Å²) in [5.41, 5.74) is 2.73. The highest BCUT2D eigenvalue weighted by Gasteiger charge is 2.18. The van der Waals surface area contributed by atoms with Gasteiger partial charge in [-0.25, -0.2) is 9.78 Å². The SMILES string of the molecule is COC(=O)c1cn(C)cc1-c1cc2ccccc2nc1Cl. The monoisotopic (exact) mass is 300 g/mol. The van der Waals surface area contributed by atoms with E-state index in [2.05, 4.69) is 4.98 Å². The number of halogens is 1. The number of benzene rings is 1. The molecule has 0 atom stereocenters. The fourth-order valence-electron chi connectivity index (χ4n) is 2.35. The molecule has 0 radical (unpaired) electrons. The maximum absolute atomic E-state index is 11.9. The number of carbonyl (C=O) groups is 1. The van der Waals surface area contributed by atoms with Crippen molar-refractivity contribution >= 4 is 28.5 Å². The third kappa shape index (κ3) is 2.38. The normalized spacial score (nSPS) is 10.8. The van der Waals surface area contributed by atoms with Gasteiger partial charge in [-0.2, -0.15) is 0 Å². The predicted octanol–water partition coefficient (Wildman–Crippen LogP) is 3.68. The Balaban J connectivity index is 2.25. The van der Waals surface area contributed by atoms with Gasteiger partial charge >= 0.3 is 5.97 Å². The van der Waals surface area contributed by atoms with Crippen molar-refractivity contribution in [3.05, 3.63) is 53.4 Å². The number of aromatic nitrogens is 2. The number of methoxy groups -OCH3 is 1. The van der Waals surface area contributed by atoms with E-state index in [0.717, 1.165) is 16.5 Å². The number of nitrogens with zero attached hydrogens (tertiary/aromatic N) is 2. The van der Waals surface area contributed by atoms with Gasteiger partial charge in [0.15, 0.2) is 0 Å². The number of fused-ring (bicyclic) bond motifs is 1. The minimum Gasteiger partial charge on any atom is -0.465 e. The molecule has 0 aliphatic heterocycles. The molecule has 2 aromatic heterocycles. The lowest BCUT2D eigenvalue weighted by Crippen LogP contribution is -2.01. The van der Waals surface area contributed by atoms with Crippen LogP contribution >= 0.6 is 11.6 Å². The lowest BCUT2D eigenvalue weighted by atomic mass is 10.0. The number of carbonyl (C=O) groups excluding carboxylic acids is 1. The third-order valence-electron chi connectivity index (χ3n) is 3.33. The van der Waals surface area contributed by atoms with E-state index in [1.165, 1.54) is 7.11 Å². The number of ether oxygens (including phenoxy) is 1. The molecule has 0 unspecified atom stereocenters. The number of pyridine rings is 1. The van der Waals surface area contributed by atoms with E-state index in [0.29, 0.717) is 16.3 Å². The van der Waals surface area contributed by atoms with Crippen molar-refractivity contribution in [1.29, 1.82) is 0 Å². The largest absolute Gasteiger partial charge is 0.465 e. The molecule has 4 nitrogen and oxygen atoms in total. The quantitative estimate of drug-likeness (QED) is 0.535. The zero-order chi connectivity index (χ0) is 15.0. The van der Waals surface area contributed by atoms with Crippen LogP contribution in [0.15, 0.2) is 42.7 Å². The van der Waals surface area contributed by atoms with E-state index in [4.69, 9.17) is 16.3 Å². The van der Waals surface area contributed by atoms with E-state index >= 15 is 0 Å². The Labute approximate surface area is 126 Å². The van der Waals surface area contributed by atoms with Crippen LogP contribution in [-0.2, 0) is 11.8 Å². The van der Waals surface area contributed by atoms with Crippen LogP contribution in [0.3, 0.4) is 0 Å². The summed E-state index contributed by atoms with van der Waals surface area (Å²) in [4.78, 5) is 16.3. The standard InChI is InChI=1S/C16H13ClN2O2/c1-19-8-12(13(9-19)16(20)21-2)11-7-10-5-3-4-6-14(10)18-15(11)17/h3-9H,1-2H3. The van der Waals surface area contributed by atoms with Gasteiger partial charge in [0.25, 0.3) is 0 Å². The number of rotatable bonds is 2. The van der Waals surface area contributed by atoms with Crippen molar-refractivity contribution in [2.24, 2.45) is 7.05 Å². The summed E-state index contributed by atoms with van der Waals surface area (Å²) in [5, 5.41) is 1.33. The Hall–Kier alpha value is -2.33. The molecule has 21 heavy (non-hydrogen) atoms. The number of aryl methyl sites for hydroxylation is 1. The zero-order valence-corrected chi connectivity index (χ0v) is 12.4. The van der Waals surface area contributed by atoms with Crippen molar-refractivity contribution < 1.29 is 9.53 Å². The van der Waals surface area contributed by atoms with Crippen molar-refractivity contribution in [3.8, 4) is 11.1 Å². The molecule has 0 saturated carbocycles. The van der Waals surface area contributed by atoms with E-state index in [1.54, 1.807) is 10.8 Å². The van der Waals surface area contributed by atoms with Gasteiger partial charge in [-0.05, 0) is 12.1 Å². The average molecular weight is 301 g/mol. The van der Waals surface area contributed by atoms with E-state index in [9.17, 15) is 4.79 Å². The molecule has 2 heterocycles. The molecule has 1 aromatic carbocycles. The fourth-order valence-corrected chi connectivity index (χ4v) is 2.60. The van der Waals surface area contributed by atoms with Gasteiger partial charge in [-0.3, -0.25) is 0 Å². The highest BCUT2D eigenvalue weighted by Crippen LogP contribution is 2.32. The van der Waals surface area contributed by atoms with Gasteiger partial charge < -0.3 is 9.30 Å². The Kier molecular flexibility index (Phi) is 3.39. The van der Waals surface area contributed by atoms with E-state index in [1.807, 2.05) is 43.6 Å². The van der Waals surface area contributed by atoms with E-state index < -0.39 is 5.97 Å². The van der Waals surface area contributed by atoms with Crippen molar-refractivity contribution in [2.75, 3.05) is 7.11 Å². The first-order chi connectivity index (χ1) is 10.1. The number of hydrogen-bond acceptors (Lipinski definition) is 3. The summed E-state index contributed by atoms with van der Waals surface area (Å²) < 4.78 is 6.62. The highest BCUT2D eigenvalue weighted by atomic mass is 35.5. The lowest BCUT2D eigenvalue weighted by Gasteiger charge is -2.06. The highest BCUT2D eigenvalue weighted by molar-refractivity contribution is 6.33. The van der Waals surface area contributed by atoms with Crippen LogP contribution in [0, 0.1) is 0 Å². The average Bonchev–Trinajstić information content (AvgIpc) is 2.87. The molecule has 3 rings (SSSR count). The third-order valence-corrected chi connectivity index (χ3v) is 3.62. The maximum Gasteiger partial charge on any atom is 0.340 e. The van der Waals surface area contributed by atoms with Gasteiger partial charge in [-0.1, -0.05) is 29.8 Å². The second kappa shape index (κ2) is 5.22.